The molecule has 2 heterocycles. The molecule has 1 aliphatic rings. The molecule has 0 aliphatic carbocycles. The van der Waals surface area contributed by atoms with Gasteiger partial charge in [0.15, 0.2) is 0 Å². The summed E-state index contributed by atoms with van der Waals surface area (Å²) in [6, 6.07) is 3.92. The standard InChI is InChI=1S/C14H22F3N3O/c1-12(13-3-2-10-21-13)18-4-5-19-6-8-20(9-7-19)11-14(15,16)17/h2-3,10,12,18H,4-9,11H2,1H3. The first kappa shape index (κ1) is 16.3. The van der Waals surface area contributed by atoms with Crippen LogP contribution < -0.4 is 5.32 Å². The molecule has 1 aliphatic heterocycles. The Hall–Kier alpha value is -1.05. The van der Waals surface area contributed by atoms with Crippen LogP contribution in [0.1, 0.15) is 18.7 Å². The maximum absolute atomic E-state index is 12.3. The molecule has 2 rings (SSSR count). The van der Waals surface area contributed by atoms with Gasteiger partial charge in [-0.1, -0.05) is 0 Å². The van der Waals surface area contributed by atoms with Crippen molar-refractivity contribution in [1.29, 1.82) is 0 Å². The molecule has 0 amide bonds. The zero-order chi connectivity index (χ0) is 15.3. The molecule has 0 spiro atoms. The summed E-state index contributed by atoms with van der Waals surface area (Å²) in [5, 5.41) is 3.35. The fraction of sp³-hybridized carbons (Fsp3) is 0.714. The summed E-state index contributed by atoms with van der Waals surface area (Å²) in [7, 11) is 0. The van der Waals surface area contributed by atoms with Crippen LogP contribution in [0.4, 0.5) is 13.2 Å². The van der Waals surface area contributed by atoms with Crippen molar-refractivity contribution in [2.45, 2.75) is 19.1 Å². The number of furan rings is 1. The average molecular weight is 305 g/mol. The number of halogens is 3. The minimum Gasteiger partial charge on any atom is -0.468 e. The second-order valence-corrected chi connectivity index (χ2v) is 5.42. The molecule has 1 aromatic rings. The maximum Gasteiger partial charge on any atom is 0.401 e. The second-order valence-electron chi connectivity index (χ2n) is 5.42. The third-order valence-electron chi connectivity index (χ3n) is 3.72. The van der Waals surface area contributed by atoms with Crippen LogP contribution in [0.25, 0.3) is 0 Å². The van der Waals surface area contributed by atoms with Gasteiger partial charge in [0, 0.05) is 39.3 Å². The van der Waals surface area contributed by atoms with Gasteiger partial charge in [-0.05, 0) is 19.1 Å². The molecular weight excluding hydrogens is 283 g/mol. The largest absolute Gasteiger partial charge is 0.468 e. The highest BCUT2D eigenvalue weighted by Crippen LogP contribution is 2.17. The van der Waals surface area contributed by atoms with Crippen molar-refractivity contribution >= 4 is 0 Å². The Balaban J connectivity index is 1.61. The van der Waals surface area contributed by atoms with Crippen molar-refractivity contribution in [2.24, 2.45) is 0 Å². The first-order valence-electron chi connectivity index (χ1n) is 7.22. The summed E-state index contributed by atoms with van der Waals surface area (Å²) >= 11 is 0. The van der Waals surface area contributed by atoms with Gasteiger partial charge in [0.1, 0.15) is 5.76 Å². The first-order chi connectivity index (χ1) is 9.94. The molecule has 1 atom stereocenters. The highest BCUT2D eigenvalue weighted by molar-refractivity contribution is 5.02. The van der Waals surface area contributed by atoms with Crippen LogP contribution >= 0.6 is 0 Å². The molecule has 4 nitrogen and oxygen atoms in total. The fourth-order valence-corrected chi connectivity index (χ4v) is 2.50. The van der Waals surface area contributed by atoms with Gasteiger partial charge in [0.2, 0.25) is 0 Å². The lowest BCUT2D eigenvalue weighted by Crippen LogP contribution is -2.50. The zero-order valence-corrected chi connectivity index (χ0v) is 12.2. The van der Waals surface area contributed by atoms with Gasteiger partial charge >= 0.3 is 6.18 Å². The molecule has 0 radical (unpaired) electrons. The smallest absolute Gasteiger partial charge is 0.401 e. The molecule has 1 aromatic heterocycles. The molecule has 0 saturated carbocycles. The lowest BCUT2D eigenvalue weighted by molar-refractivity contribution is -0.149. The Kier molecular flexibility index (Phi) is 5.66. The number of alkyl halides is 3. The molecule has 0 bridgehead atoms. The third kappa shape index (κ3) is 5.68. The molecule has 1 fully saturated rings. The summed E-state index contributed by atoms with van der Waals surface area (Å²) in [4.78, 5) is 3.66. The summed E-state index contributed by atoms with van der Waals surface area (Å²) in [5.41, 5.74) is 0. The van der Waals surface area contributed by atoms with Crippen LogP contribution in [0.5, 0.6) is 0 Å². The first-order valence-corrected chi connectivity index (χ1v) is 7.22. The molecule has 7 heteroatoms. The van der Waals surface area contributed by atoms with Crippen LogP contribution in [0.15, 0.2) is 22.8 Å². The average Bonchev–Trinajstić information content (AvgIpc) is 2.93. The van der Waals surface area contributed by atoms with E-state index in [1.165, 1.54) is 4.90 Å². The van der Waals surface area contributed by atoms with Crippen LogP contribution in [0, 0.1) is 0 Å². The van der Waals surface area contributed by atoms with E-state index in [0.717, 1.165) is 18.8 Å². The van der Waals surface area contributed by atoms with Crippen LogP contribution in [0.2, 0.25) is 0 Å². The maximum atomic E-state index is 12.3. The SMILES string of the molecule is CC(NCCN1CCN(CC(F)(F)F)CC1)c1ccco1. The van der Waals surface area contributed by atoms with Crippen molar-refractivity contribution in [1.82, 2.24) is 15.1 Å². The quantitative estimate of drug-likeness (QED) is 0.872. The summed E-state index contributed by atoms with van der Waals surface area (Å²) < 4.78 is 42.2. The van der Waals surface area contributed by atoms with E-state index in [9.17, 15) is 13.2 Å². The van der Waals surface area contributed by atoms with Crippen LogP contribution in [0.3, 0.4) is 0 Å². The molecule has 0 aromatic carbocycles. The van der Waals surface area contributed by atoms with Crippen LogP contribution in [-0.2, 0) is 0 Å². The van der Waals surface area contributed by atoms with Crippen molar-refractivity contribution < 1.29 is 17.6 Å². The van der Waals surface area contributed by atoms with Crippen molar-refractivity contribution in [3.63, 3.8) is 0 Å². The van der Waals surface area contributed by atoms with Gasteiger partial charge in [0.05, 0.1) is 18.8 Å². The number of hydrogen-bond donors (Lipinski definition) is 1. The van der Waals surface area contributed by atoms with Crippen molar-refractivity contribution in [3.05, 3.63) is 24.2 Å². The lowest BCUT2D eigenvalue weighted by atomic mass is 10.2. The summed E-state index contributed by atoms with van der Waals surface area (Å²) in [6.07, 6.45) is -2.45. The normalized spacial score (nSPS) is 19.8. The Morgan fingerprint density at radius 3 is 2.48 bits per heavy atom. The molecule has 1 unspecified atom stereocenters. The van der Waals surface area contributed by atoms with Gasteiger partial charge in [-0.3, -0.25) is 9.80 Å². The zero-order valence-electron chi connectivity index (χ0n) is 12.2. The Labute approximate surface area is 122 Å². The van der Waals surface area contributed by atoms with E-state index in [1.54, 1.807) is 6.26 Å². The minimum atomic E-state index is -4.10. The van der Waals surface area contributed by atoms with Crippen LogP contribution in [-0.4, -0.2) is 61.8 Å². The van der Waals surface area contributed by atoms with Gasteiger partial charge in [0.25, 0.3) is 0 Å². The minimum absolute atomic E-state index is 0.145. The van der Waals surface area contributed by atoms with Gasteiger partial charge in [-0.2, -0.15) is 13.2 Å². The molecular formula is C14H22F3N3O. The van der Waals surface area contributed by atoms with E-state index >= 15 is 0 Å². The van der Waals surface area contributed by atoms with Crippen molar-refractivity contribution in [3.8, 4) is 0 Å². The van der Waals surface area contributed by atoms with E-state index < -0.39 is 12.7 Å². The second kappa shape index (κ2) is 7.29. The topological polar surface area (TPSA) is 31.6 Å². The third-order valence-corrected chi connectivity index (χ3v) is 3.72. The van der Waals surface area contributed by atoms with Gasteiger partial charge in [-0.15, -0.1) is 0 Å². The number of nitrogens with one attached hydrogen (secondary N) is 1. The monoisotopic (exact) mass is 305 g/mol. The highest BCUT2D eigenvalue weighted by Gasteiger charge is 2.31. The van der Waals surface area contributed by atoms with E-state index in [4.69, 9.17) is 4.42 Å². The van der Waals surface area contributed by atoms with Gasteiger partial charge < -0.3 is 9.73 Å². The molecule has 1 saturated heterocycles. The Morgan fingerprint density at radius 1 is 1.24 bits per heavy atom. The Bertz CT molecular complexity index is 400. The highest BCUT2D eigenvalue weighted by atomic mass is 19.4. The predicted molar refractivity (Wildman–Crippen MR) is 74.1 cm³/mol. The number of hydrogen-bond acceptors (Lipinski definition) is 4. The van der Waals surface area contributed by atoms with E-state index in [2.05, 4.69) is 10.2 Å². The lowest BCUT2D eigenvalue weighted by Gasteiger charge is -2.35. The van der Waals surface area contributed by atoms with Gasteiger partial charge in [-0.25, -0.2) is 0 Å². The van der Waals surface area contributed by atoms with E-state index in [1.807, 2.05) is 19.1 Å². The summed E-state index contributed by atoms with van der Waals surface area (Å²) in [6.45, 7) is 5.20. The van der Waals surface area contributed by atoms with E-state index in [0.29, 0.717) is 26.2 Å². The predicted octanol–water partition coefficient (Wildman–Crippen LogP) is 2.11. The number of piperazine rings is 1. The molecule has 120 valence electrons. The number of nitrogens with zero attached hydrogens (tertiary/aromatic N) is 2. The number of rotatable bonds is 6. The fourth-order valence-electron chi connectivity index (χ4n) is 2.50. The molecule has 21 heavy (non-hydrogen) atoms. The van der Waals surface area contributed by atoms with E-state index in [-0.39, 0.29) is 6.04 Å². The Morgan fingerprint density at radius 2 is 1.90 bits per heavy atom. The van der Waals surface area contributed by atoms with Crippen molar-refractivity contribution in [2.75, 3.05) is 45.8 Å². The molecule has 1 N–H and O–H groups in total. The summed E-state index contributed by atoms with van der Waals surface area (Å²) in [5.74, 6) is 0.894.